The average molecular weight is 334 g/mol. The predicted octanol–water partition coefficient (Wildman–Crippen LogP) is 2.13. The Kier molecular flexibility index (Phi) is 4.86. The maximum absolute atomic E-state index is 13.4. The molecule has 0 saturated carbocycles. The Hall–Kier alpha value is -2.32. The lowest BCUT2D eigenvalue weighted by molar-refractivity contribution is -0.385. The van der Waals surface area contributed by atoms with Crippen LogP contribution in [0.25, 0.3) is 0 Å². The Bertz CT molecular complexity index is 721. The molecular formula is C16H19FN4O3. The minimum absolute atomic E-state index is 0.0855. The second-order valence-electron chi connectivity index (χ2n) is 6.04. The van der Waals surface area contributed by atoms with Crippen LogP contribution in [0.4, 0.5) is 10.1 Å². The summed E-state index contributed by atoms with van der Waals surface area (Å²) in [4.78, 5) is 12.3. The van der Waals surface area contributed by atoms with Gasteiger partial charge in [0.15, 0.2) is 0 Å². The van der Waals surface area contributed by atoms with Gasteiger partial charge in [0.25, 0.3) is 0 Å². The molecule has 1 aromatic carbocycles. The lowest BCUT2D eigenvalue weighted by atomic mass is 10.0. The van der Waals surface area contributed by atoms with Gasteiger partial charge in [0, 0.05) is 12.6 Å². The summed E-state index contributed by atoms with van der Waals surface area (Å²) in [5.41, 5.74) is 0.815. The number of aliphatic hydroxyl groups excluding tert-OH is 1. The van der Waals surface area contributed by atoms with Gasteiger partial charge in [-0.15, -0.1) is 0 Å². The molecule has 8 heteroatoms. The summed E-state index contributed by atoms with van der Waals surface area (Å²) in [6.45, 7) is 1.42. The van der Waals surface area contributed by atoms with Gasteiger partial charge in [-0.3, -0.25) is 19.7 Å². The standard InChI is InChI=1S/C16H19FN4O3/c17-13-4-1-3-12(7-13)16-5-2-6-19(16)10-15(22)11-20-9-14(8-18-20)21(23)24/h1,3-4,7-9,15-16,22H,2,5-6,10-11H2. The van der Waals surface area contributed by atoms with Crippen LogP contribution in [0.2, 0.25) is 0 Å². The van der Waals surface area contributed by atoms with E-state index in [4.69, 9.17) is 0 Å². The number of hydrogen-bond donors (Lipinski definition) is 1. The Morgan fingerprint density at radius 1 is 1.46 bits per heavy atom. The van der Waals surface area contributed by atoms with Crippen LogP contribution in [-0.4, -0.2) is 43.9 Å². The third-order valence-corrected chi connectivity index (χ3v) is 4.27. The van der Waals surface area contributed by atoms with Crippen molar-refractivity contribution < 1.29 is 14.4 Å². The molecule has 3 rings (SSSR count). The van der Waals surface area contributed by atoms with E-state index in [2.05, 4.69) is 10.00 Å². The Balaban J connectivity index is 1.62. The summed E-state index contributed by atoms with van der Waals surface area (Å²) in [7, 11) is 0. The highest BCUT2D eigenvalue weighted by atomic mass is 19.1. The molecule has 0 amide bonds. The number of hydrogen-bond acceptors (Lipinski definition) is 5. The molecule has 0 aliphatic carbocycles. The van der Waals surface area contributed by atoms with Crippen molar-refractivity contribution in [2.75, 3.05) is 13.1 Å². The van der Waals surface area contributed by atoms with E-state index in [0.717, 1.165) is 31.1 Å². The third-order valence-electron chi connectivity index (χ3n) is 4.27. The Labute approximate surface area is 138 Å². The first kappa shape index (κ1) is 16.5. The van der Waals surface area contributed by atoms with Gasteiger partial charge in [0.05, 0.1) is 17.6 Å². The van der Waals surface area contributed by atoms with Crippen LogP contribution in [0.1, 0.15) is 24.4 Å². The van der Waals surface area contributed by atoms with Crippen molar-refractivity contribution in [3.8, 4) is 0 Å². The molecule has 2 unspecified atom stereocenters. The summed E-state index contributed by atoms with van der Waals surface area (Å²) in [5, 5.41) is 24.8. The van der Waals surface area contributed by atoms with Gasteiger partial charge >= 0.3 is 5.69 Å². The molecule has 2 atom stereocenters. The second kappa shape index (κ2) is 7.06. The number of nitro groups is 1. The number of likely N-dealkylation sites (tertiary alicyclic amines) is 1. The van der Waals surface area contributed by atoms with Gasteiger partial charge < -0.3 is 5.11 Å². The molecule has 2 heterocycles. The lowest BCUT2D eigenvalue weighted by Crippen LogP contribution is -2.34. The molecule has 0 radical (unpaired) electrons. The molecule has 24 heavy (non-hydrogen) atoms. The summed E-state index contributed by atoms with van der Waals surface area (Å²) in [5.74, 6) is -0.260. The highest BCUT2D eigenvalue weighted by Gasteiger charge is 2.28. The number of aromatic nitrogens is 2. The van der Waals surface area contributed by atoms with Crippen molar-refractivity contribution in [3.05, 3.63) is 58.2 Å². The summed E-state index contributed by atoms with van der Waals surface area (Å²) in [6.07, 6.45) is 3.67. The first-order valence-corrected chi connectivity index (χ1v) is 7.87. The summed E-state index contributed by atoms with van der Waals surface area (Å²) in [6, 6.07) is 6.63. The SMILES string of the molecule is O=[N+]([O-])c1cnn(CC(O)CN2CCCC2c2cccc(F)c2)c1. The average Bonchev–Trinajstić information content (AvgIpc) is 3.16. The molecule has 1 aromatic heterocycles. The van der Waals surface area contributed by atoms with Gasteiger partial charge in [0.2, 0.25) is 0 Å². The number of halogens is 1. The third kappa shape index (κ3) is 3.77. The first-order chi connectivity index (χ1) is 11.5. The van der Waals surface area contributed by atoms with Gasteiger partial charge in [-0.1, -0.05) is 12.1 Å². The molecule has 0 spiro atoms. The molecule has 1 fully saturated rings. The van der Waals surface area contributed by atoms with Crippen LogP contribution in [0.5, 0.6) is 0 Å². The van der Waals surface area contributed by atoms with Gasteiger partial charge in [0.1, 0.15) is 18.2 Å². The number of rotatable bonds is 6. The van der Waals surface area contributed by atoms with Crippen molar-refractivity contribution in [1.29, 1.82) is 0 Å². The highest BCUT2D eigenvalue weighted by Crippen LogP contribution is 2.32. The topological polar surface area (TPSA) is 84.4 Å². The molecule has 1 aliphatic heterocycles. The van der Waals surface area contributed by atoms with E-state index in [9.17, 15) is 19.6 Å². The summed E-state index contributed by atoms with van der Waals surface area (Å²) >= 11 is 0. The van der Waals surface area contributed by atoms with Crippen LogP contribution in [0.3, 0.4) is 0 Å². The quantitative estimate of drug-likeness (QED) is 0.646. The minimum Gasteiger partial charge on any atom is -0.390 e. The smallest absolute Gasteiger partial charge is 0.306 e. The van der Waals surface area contributed by atoms with E-state index in [0.29, 0.717) is 6.54 Å². The fourth-order valence-electron chi connectivity index (χ4n) is 3.23. The summed E-state index contributed by atoms with van der Waals surface area (Å²) < 4.78 is 14.8. The van der Waals surface area contributed by atoms with Crippen LogP contribution < -0.4 is 0 Å². The predicted molar refractivity (Wildman–Crippen MR) is 84.8 cm³/mol. The van der Waals surface area contributed by atoms with Crippen molar-refractivity contribution in [1.82, 2.24) is 14.7 Å². The second-order valence-corrected chi connectivity index (χ2v) is 6.04. The van der Waals surface area contributed by atoms with Crippen molar-refractivity contribution in [2.45, 2.75) is 31.5 Å². The highest BCUT2D eigenvalue weighted by molar-refractivity contribution is 5.22. The Morgan fingerprint density at radius 3 is 3.00 bits per heavy atom. The van der Waals surface area contributed by atoms with Crippen LogP contribution >= 0.6 is 0 Å². The largest absolute Gasteiger partial charge is 0.390 e. The van der Waals surface area contributed by atoms with Crippen LogP contribution in [0.15, 0.2) is 36.7 Å². The zero-order valence-corrected chi connectivity index (χ0v) is 13.1. The van der Waals surface area contributed by atoms with Crippen molar-refractivity contribution in [2.24, 2.45) is 0 Å². The monoisotopic (exact) mass is 334 g/mol. The van der Waals surface area contributed by atoms with Gasteiger partial charge in [-0.25, -0.2) is 4.39 Å². The molecule has 2 aromatic rings. The molecule has 128 valence electrons. The van der Waals surface area contributed by atoms with E-state index in [1.54, 1.807) is 6.07 Å². The molecule has 1 saturated heterocycles. The maximum Gasteiger partial charge on any atom is 0.306 e. The first-order valence-electron chi connectivity index (χ1n) is 7.87. The fraction of sp³-hybridized carbons (Fsp3) is 0.438. The van der Waals surface area contributed by atoms with E-state index < -0.39 is 11.0 Å². The molecule has 0 bridgehead atoms. The minimum atomic E-state index is -0.710. The van der Waals surface area contributed by atoms with Crippen molar-refractivity contribution >= 4 is 5.69 Å². The zero-order chi connectivity index (χ0) is 17.1. The fourth-order valence-corrected chi connectivity index (χ4v) is 3.23. The molecular weight excluding hydrogens is 315 g/mol. The molecule has 1 aliphatic rings. The zero-order valence-electron chi connectivity index (χ0n) is 13.1. The lowest BCUT2D eigenvalue weighted by Gasteiger charge is -2.27. The molecule has 1 N–H and O–H groups in total. The van der Waals surface area contributed by atoms with E-state index in [1.165, 1.54) is 23.0 Å². The van der Waals surface area contributed by atoms with Crippen molar-refractivity contribution in [3.63, 3.8) is 0 Å². The van der Waals surface area contributed by atoms with E-state index in [-0.39, 0.29) is 24.1 Å². The van der Waals surface area contributed by atoms with Gasteiger partial charge in [-0.2, -0.15) is 5.10 Å². The number of nitrogens with zero attached hydrogens (tertiary/aromatic N) is 4. The van der Waals surface area contributed by atoms with E-state index >= 15 is 0 Å². The van der Waals surface area contributed by atoms with Crippen LogP contribution in [-0.2, 0) is 6.54 Å². The van der Waals surface area contributed by atoms with Gasteiger partial charge in [-0.05, 0) is 37.1 Å². The normalized spacial score (nSPS) is 19.5. The maximum atomic E-state index is 13.4. The number of benzene rings is 1. The Morgan fingerprint density at radius 2 is 2.29 bits per heavy atom. The van der Waals surface area contributed by atoms with E-state index in [1.807, 2.05) is 6.07 Å². The molecule has 7 nitrogen and oxygen atoms in total. The number of aliphatic hydroxyl groups is 1. The number of β-amino-alcohol motifs (C(OH)–C–C–N with tert-alkyl or cyclic N) is 1. The van der Waals surface area contributed by atoms with Crippen LogP contribution in [0, 0.1) is 15.9 Å².